The van der Waals surface area contributed by atoms with Crippen molar-refractivity contribution in [1.29, 1.82) is 0 Å². The molecule has 2 amide bonds. The number of aromatic amines is 1. The van der Waals surface area contributed by atoms with Gasteiger partial charge in [-0.2, -0.15) is 0 Å². The minimum Gasteiger partial charge on any atom is -0.361 e. The van der Waals surface area contributed by atoms with Crippen LogP contribution in [0.3, 0.4) is 0 Å². The Labute approximate surface area is 180 Å². The number of nitrogens with zero attached hydrogens (tertiary/aromatic N) is 1. The van der Waals surface area contributed by atoms with Gasteiger partial charge in [-0.25, -0.2) is 0 Å². The quantitative estimate of drug-likeness (QED) is 0.614. The van der Waals surface area contributed by atoms with Crippen LogP contribution in [0.15, 0.2) is 60.8 Å². The SMILES string of the molecule is O=C(CCC(=O)N1CC=C(c2c[nH]c3ccccc23)CC1)NCc1ccc(Cl)cc1. The van der Waals surface area contributed by atoms with Crippen LogP contribution in [0.25, 0.3) is 16.5 Å². The first-order chi connectivity index (χ1) is 14.6. The number of carbonyl (C=O) groups is 2. The smallest absolute Gasteiger partial charge is 0.223 e. The van der Waals surface area contributed by atoms with Crippen molar-refractivity contribution in [2.24, 2.45) is 0 Å². The van der Waals surface area contributed by atoms with Crippen LogP contribution in [0.1, 0.15) is 30.4 Å². The van der Waals surface area contributed by atoms with Gasteiger partial charge >= 0.3 is 0 Å². The molecule has 2 heterocycles. The summed E-state index contributed by atoms with van der Waals surface area (Å²) in [5.41, 5.74) is 4.57. The Morgan fingerprint density at radius 3 is 2.63 bits per heavy atom. The Kier molecular flexibility index (Phi) is 6.19. The molecule has 0 atom stereocenters. The molecule has 2 aromatic carbocycles. The van der Waals surface area contributed by atoms with Gasteiger partial charge in [0.15, 0.2) is 0 Å². The van der Waals surface area contributed by atoms with Crippen LogP contribution in [-0.2, 0) is 16.1 Å². The van der Waals surface area contributed by atoms with E-state index in [-0.39, 0.29) is 24.7 Å². The Bertz CT molecular complexity index is 1090. The minimum atomic E-state index is -0.120. The van der Waals surface area contributed by atoms with Crippen molar-refractivity contribution in [2.75, 3.05) is 13.1 Å². The largest absolute Gasteiger partial charge is 0.361 e. The number of nitrogens with one attached hydrogen (secondary N) is 2. The van der Waals surface area contributed by atoms with Crippen molar-refractivity contribution in [2.45, 2.75) is 25.8 Å². The van der Waals surface area contributed by atoms with E-state index in [0.717, 1.165) is 17.5 Å². The maximum absolute atomic E-state index is 12.5. The lowest BCUT2D eigenvalue weighted by molar-refractivity contribution is -0.133. The average Bonchev–Trinajstić information content (AvgIpc) is 3.21. The highest BCUT2D eigenvalue weighted by atomic mass is 35.5. The third-order valence-electron chi connectivity index (χ3n) is 5.47. The molecular weight excluding hydrogens is 398 g/mol. The molecule has 1 aliphatic heterocycles. The van der Waals surface area contributed by atoms with Crippen molar-refractivity contribution < 1.29 is 9.59 Å². The molecule has 0 bridgehead atoms. The number of hydrogen-bond acceptors (Lipinski definition) is 2. The first kappa shape index (κ1) is 20.2. The monoisotopic (exact) mass is 421 g/mol. The molecule has 0 radical (unpaired) electrons. The van der Waals surface area contributed by atoms with E-state index in [1.165, 1.54) is 16.5 Å². The number of para-hydroxylation sites is 1. The van der Waals surface area contributed by atoms with Crippen molar-refractivity contribution in [3.8, 4) is 0 Å². The summed E-state index contributed by atoms with van der Waals surface area (Å²) in [6.45, 7) is 1.70. The van der Waals surface area contributed by atoms with Gasteiger partial charge in [0.2, 0.25) is 11.8 Å². The molecule has 1 aliphatic rings. The highest BCUT2D eigenvalue weighted by Gasteiger charge is 2.20. The summed E-state index contributed by atoms with van der Waals surface area (Å²) in [4.78, 5) is 29.7. The highest BCUT2D eigenvalue weighted by Crippen LogP contribution is 2.29. The third kappa shape index (κ3) is 4.74. The lowest BCUT2D eigenvalue weighted by Crippen LogP contribution is -2.35. The summed E-state index contributed by atoms with van der Waals surface area (Å²) >= 11 is 5.86. The number of fused-ring (bicyclic) bond motifs is 1. The van der Waals surface area contributed by atoms with Gasteiger partial charge in [0.05, 0.1) is 0 Å². The summed E-state index contributed by atoms with van der Waals surface area (Å²) < 4.78 is 0. The molecule has 0 fully saturated rings. The van der Waals surface area contributed by atoms with Crippen LogP contribution in [0, 0.1) is 0 Å². The Balaban J connectivity index is 1.26. The topological polar surface area (TPSA) is 65.2 Å². The van der Waals surface area contributed by atoms with Gasteiger partial charge in [-0.05, 0) is 35.8 Å². The minimum absolute atomic E-state index is 0.0193. The van der Waals surface area contributed by atoms with Crippen LogP contribution in [0.2, 0.25) is 5.02 Å². The standard InChI is InChI=1S/C24H24ClN3O2/c25-19-7-5-17(6-8-19)15-27-23(29)9-10-24(30)28-13-11-18(12-14-28)21-16-26-22-4-2-1-3-20(21)22/h1-8,11,16,26H,9-10,12-15H2,(H,27,29). The molecule has 5 nitrogen and oxygen atoms in total. The molecule has 6 heteroatoms. The van der Waals surface area contributed by atoms with E-state index in [1.54, 1.807) is 12.1 Å². The Hall–Kier alpha value is -3.05. The number of benzene rings is 2. The molecular formula is C24H24ClN3O2. The normalized spacial score (nSPS) is 13.9. The number of aromatic nitrogens is 1. The van der Waals surface area contributed by atoms with E-state index in [4.69, 9.17) is 11.6 Å². The van der Waals surface area contributed by atoms with Crippen LogP contribution in [0.5, 0.6) is 0 Å². The zero-order valence-corrected chi connectivity index (χ0v) is 17.4. The van der Waals surface area contributed by atoms with Crippen LogP contribution < -0.4 is 5.32 Å². The summed E-state index contributed by atoms with van der Waals surface area (Å²) in [5.74, 6) is -0.101. The summed E-state index contributed by atoms with van der Waals surface area (Å²) in [6.07, 6.45) is 5.40. The van der Waals surface area contributed by atoms with Crippen LogP contribution in [0.4, 0.5) is 0 Å². The van der Waals surface area contributed by atoms with Crippen LogP contribution >= 0.6 is 11.6 Å². The van der Waals surface area contributed by atoms with E-state index in [1.807, 2.05) is 35.4 Å². The molecule has 0 spiro atoms. The Morgan fingerprint density at radius 2 is 1.87 bits per heavy atom. The molecule has 4 rings (SSSR count). The van der Waals surface area contributed by atoms with Gasteiger partial charge in [-0.1, -0.05) is 48.0 Å². The third-order valence-corrected chi connectivity index (χ3v) is 5.72. The van der Waals surface area contributed by atoms with Gasteiger partial charge in [-0.15, -0.1) is 0 Å². The zero-order valence-electron chi connectivity index (χ0n) is 16.7. The van der Waals surface area contributed by atoms with E-state index in [2.05, 4.69) is 28.5 Å². The molecule has 154 valence electrons. The molecule has 30 heavy (non-hydrogen) atoms. The van der Waals surface area contributed by atoms with Crippen LogP contribution in [-0.4, -0.2) is 34.8 Å². The van der Waals surface area contributed by atoms with Gasteiger partial charge < -0.3 is 15.2 Å². The molecule has 0 saturated carbocycles. The second kappa shape index (κ2) is 9.18. The maximum Gasteiger partial charge on any atom is 0.223 e. The molecule has 1 aromatic heterocycles. The highest BCUT2D eigenvalue weighted by molar-refractivity contribution is 6.30. The van der Waals surface area contributed by atoms with Crippen molar-refractivity contribution in [1.82, 2.24) is 15.2 Å². The number of carbonyl (C=O) groups excluding carboxylic acids is 2. The van der Waals surface area contributed by atoms with E-state index in [0.29, 0.717) is 24.7 Å². The number of H-pyrrole nitrogens is 1. The fourth-order valence-electron chi connectivity index (χ4n) is 3.75. The molecule has 2 N–H and O–H groups in total. The first-order valence-electron chi connectivity index (χ1n) is 10.1. The van der Waals surface area contributed by atoms with E-state index in [9.17, 15) is 9.59 Å². The zero-order chi connectivity index (χ0) is 20.9. The Morgan fingerprint density at radius 1 is 1.07 bits per heavy atom. The van der Waals surface area contributed by atoms with Gasteiger partial charge in [0.25, 0.3) is 0 Å². The van der Waals surface area contributed by atoms with Gasteiger partial charge in [0, 0.05) is 60.2 Å². The number of amides is 2. The fraction of sp³-hybridized carbons (Fsp3) is 0.250. The fourth-order valence-corrected chi connectivity index (χ4v) is 3.87. The number of rotatable bonds is 6. The van der Waals surface area contributed by atoms with E-state index < -0.39 is 0 Å². The first-order valence-corrected chi connectivity index (χ1v) is 10.5. The number of hydrogen-bond donors (Lipinski definition) is 2. The van der Waals surface area contributed by atoms with Gasteiger partial charge in [-0.3, -0.25) is 9.59 Å². The summed E-state index contributed by atoms with van der Waals surface area (Å²) in [5, 5.41) is 4.73. The second-order valence-electron chi connectivity index (χ2n) is 7.47. The predicted molar refractivity (Wildman–Crippen MR) is 120 cm³/mol. The lowest BCUT2D eigenvalue weighted by atomic mass is 9.98. The van der Waals surface area contributed by atoms with Crippen molar-refractivity contribution in [3.63, 3.8) is 0 Å². The lowest BCUT2D eigenvalue weighted by Gasteiger charge is -2.26. The second-order valence-corrected chi connectivity index (χ2v) is 7.91. The molecule has 0 saturated heterocycles. The average molecular weight is 422 g/mol. The van der Waals surface area contributed by atoms with Crippen molar-refractivity contribution >= 4 is 39.9 Å². The molecule has 0 unspecified atom stereocenters. The van der Waals surface area contributed by atoms with E-state index >= 15 is 0 Å². The predicted octanol–water partition coefficient (Wildman–Crippen LogP) is 4.53. The molecule has 0 aliphatic carbocycles. The summed E-state index contributed by atoms with van der Waals surface area (Å²) in [7, 11) is 0. The summed E-state index contributed by atoms with van der Waals surface area (Å²) in [6, 6.07) is 15.6. The van der Waals surface area contributed by atoms with Gasteiger partial charge in [0.1, 0.15) is 0 Å². The maximum atomic E-state index is 12.5. The van der Waals surface area contributed by atoms with Crippen molar-refractivity contribution in [3.05, 3.63) is 77.0 Å². The number of halogens is 1. The molecule has 3 aromatic rings.